The number of fused-ring (bicyclic) bond motifs is 1. The van der Waals surface area contributed by atoms with E-state index in [2.05, 4.69) is 70.2 Å². The van der Waals surface area contributed by atoms with E-state index in [-0.39, 0.29) is 18.5 Å². The van der Waals surface area contributed by atoms with Crippen LogP contribution < -0.4 is 16.4 Å². The van der Waals surface area contributed by atoms with Crippen LogP contribution in [0.15, 0.2) is 84.9 Å². The van der Waals surface area contributed by atoms with Gasteiger partial charge in [0.25, 0.3) is 0 Å². The number of carbonyl (C=O) groups is 1. The van der Waals surface area contributed by atoms with Crippen molar-refractivity contribution in [1.82, 2.24) is 4.98 Å². The van der Waals surface area contributed by atoms with Crippen molar-refractivity contribution in [2.45, 2.75) is 19.4 Å². The predicted octanol–water partition coefficient (Wildman–Crippen LogP) is 5.78. The zero-order valence-corrected chi connectivity index (χ0v) is 17.9. The lowest BCUT2D eigenvalue weighted by atomic mass is 9.95. The third-order valence-corrected chi connectivity index (χ3v) is 5.26. The molecule has 32 heavy (non-hydrogen) atoms. The fourth-order valence-corrected chi connectivity index (χ4v) is 3.74. The summed E-state index contributed by atoms with van der Waals surface area (Å²) in [6, 6.07) is 28.5. The van der Waals surface area contributed by atoms with Crippen LogP contribution >= 0.6 is 0 Å². The number of nitrogens with zero attached hydrogens (tertiary/aromatic N) is 1. The van der Waals surface area contributed by atoms with Gasteiger partial charge in [-0.25, -0.2) is 9.78 Å². The standard InChI is InChI=1S/C26H26N4O2/c1-2-32-26(31)29-22-15-16-24(30-25(22)27)28-23(19-10-4-3-5-11-19)17-20-13-8-12-18-9-6-7-14-21(18)20/h3-16,23H,2,17H2,1H3,(H,29,31)(H3,27,28,30). The van der Waals surface area contributed by atoms with Crippen molar-refractivity contribution in [3.05, 3.63) is 96.1 Å². The van der Waals surface area contributed by atoms with Crippen LogP contribution in [0.25, 0.3) is 10.8 Å². The first-order chi connectivity index (χ1) is 15.6. The highest BCUT2D eigenvalue weighted by molar-refractivity contribution is 5.88. The second-order valence-electron chi connectivity index (χ2n) is 7.42. The number of pyridine rings is 1. The summed E-state index contributed by atoms with van der Waals surface area (Å²) in [7, 11) is 0. The molecule has 0 spiro atoms. The Balaban J connectivity index is 1.61. The molecule has 0 bridgehead atoms. The van der Waals surface area contributed by atoms with E-state index in [9.17, 15) is 4.79 Å². The first-order valence-corrected chi connectivity index (χ1v) is 10.6. The van der Waals surface area contributed by atoms with Crippen molar-refractivity contribution in [3.63, 3.8) is 0 Å². The molecule has 1 heterocycles. The van der Waals surface area contributed by atoms with Gasteiger partial charge < -0.3 is 15.8 Å². The van der Waals surface area contributed by atoms with Crippen molar-refractivity contribution in [1.29, 1.82) is 0 Å². The van der Waals surface area contributed by atoms with Crippen LogP contribution in [0.4, 0.5) is 22.1 Å². The van der Waals surface area contributed by atoms with Crippen LogP contribution in [0.1, 0.15) is 24.1 Å². The second kappa shape index (κ2) is 9.83. The molecule has 3 aromatic carbocycles. The highest BCUT2D eigenvalue weighted by Gasteiger charge is 2.16. The van der Waals surface area contributed by atoms with Gasteiger partial charge >= 0.3 is 6.09 Å². The lowest BCUT2D eigenvalue weighted by Gasteiger charge is -2.21. The fourth-order valence-electron chi connectivity index (χ4n) is 3.74. The molecule has 1 amide bonds. The van der Waals surface area contributed by atoms with E-state index in [1.807, 2.05) is 18.2 Å². The Morgan fingerprint density at radius 3 is 2.50 bits per heavy atom. The summed E-state index contributed by atoms with van der Waals surface area (Å²) < 4.78 is 4.91. The lowest BCUT2D eigenvalue weighted by Crippen LogP contribution is -2.17. The topological polar surface area (TPSA) is 89.3 Å². The van der Waals surface area contributed by atoms with E-state index in [1.54, 1.807) is 19.1 Å². The first kappa shape index (κ1) is 21.2. The number of aromatic nitrogens is 1. The zero-order chi connectivity index (χ0) is 22.3. The van der Waals surface area contributed by atoms with Crippen molar-refractivity contribution in [2.75, 3.05) is 23.0 Å². The molecule has 1 atom stereocenters. The van der Waals surface area contributed by atoms with Gasteiger partial charge in [-0.05, 0) is 47.4 Å². The molecule has 0 fully saturated rings. The molecular weight excluding hydrogens is 400 g/mol. The van der Waals surface area contributed by atoms with Gasteiger partial charge in [-0.2, -0.15) is 0 Å². The highest BCUT2D eigenvalue weighted by Crippen LogP contribution is 2.28. The Morgan fingerprint density at radius 1 is 0.969 bits per heavy atom. The smallest absolute Gasteiger partial charge is 0.411 e. The average Bonchev–Trinajstić information content (AvgIpc) is 2.81. The maximum Gasteiger partial charge on any atom is 0.411 e. The van der Waals surface area contributed by atoms with Gasteiger partial charge in [0.05, 0.1) is 18.3 Å². The monoisotopic (exact) mass is 426 g/mol. The van der Waals surface area contributed by atoms with E-state index in [0.717, 1.165) is 12.0 Å². The zero-order valence-electron chi connectivity index (χ0n) is 17.9. The minimum Gasteiger partial charge on any atom is -0.450 e. The van der Waals surface area contributed by atoms with Gasteiger partial charge in [0, 0.05) is 0 Å². The number of nitrogens with one attached hydrogen (secondary N) is 2. The van der Waals surface area contributed by atoms with Crippen molar-refractivity contribution in [2.24, 2.45) is 0 Å². The Morgan fingerprint density at radius 2 is 1.72 bits per heavy atom. The summed E-state index contributed by atoms with van der Waals surface area (Å²) in [5, 5.41) is 8.58. The molecule has 4 rings (SSSR count). The summed E-state index contributed by atoms with van der Waals surface area (Å²) >= 11 is 0. The van der Waals surface area contributed by atoms with Gasteiger partial charge in [-0.15, -0.1) is 0 Å². The molecule has 0 saturated heterocycles. The molecule has 6 nitrogen and oxygen atoms in total. The molecule has 0 aliphatic heterocycles. The summed E-state index contributed by atoms with van der Waals surface area (Å²) in [6.07, 6.45) is 0.218. The third-order valence-electron chi connectivity index (χ3n) is 5.26. The number of amides is 1. The first-order valence-electron chi connectivity index (χ1n) is 10.6. The number of anilines is 3. The van der Waals surface area contributed by atoms with Crippen molar-refractivity contribution < 1.29 is 9.53 Å². The molecule has 4 N–H and O–H groups in total. The number of rotatable bonds is 7. The number of ether oxygens (including phenoxy) is 1. The van der Waals surface area contributed by atoms with Gasteiger partial charge in [0.1, 0.15) is 11.6 Å². The lowest BCUT2D eigenvalue weighted by molar-refractivity contribution is 0.168. The quantitative estimate of drug-likeness (QED) is 0.348. The van der Waals surface area contributed by atoms with E-state index < -0.39 is 6.09 Å². The molecule has 1 unspecified atom stereocenters. The molecule has 1 aromatic heterocycles. The maximum atomic E-state index is 11.7. The van der Waals surface area contributed by atoms with Gasteiger partial charge in [0.2, 0.25) is 0 Å². The van der Waals surface area contributed by atoms with Gasteiger partial charge in [-0.1, -0.05) is 72.8 Å². The molecule has 0 saturated carbocycles. The largest absolute Gasteiger partial charge is 0.450 e. The number of nitrogens with two attached hydrogens (primary N) is 1. The molecule has 162 valence electrons. The van der Waals surface area contributed by atoms with Crippen LogP contribution in [-0.4, -0.2) is 17.7 Å². The van der Waals surface area contributed by atoms with Crippen LogP contribution in [0.3, 0.4) is 0 Å². The molecule has 0 aliphatic rings. The summed E-state index contributed by atoms with van der Waals surface area (Å²) in [5.41, 5.74) is 8.90. The van der Waals surface area contributed by atoms with Gasteiger partial charge in [-0.3, -0.25) is 5.32 Å². The number of nitrogen functional groups attached to an aromatic ring is 1. The number of hydrogen-bond donors (Lipinski definition) is 3. The van der Waals surface area contributed by atoms with Gasteiger partial charge in [0.15, 0.2) is 0 Å². The number of hydrogen-bond acceptors (Lipinski definition) is 5. The summed E-state index contributed by atoms with van der Waals surface area (Å²) in [6.45, 7) is 2.03. The Labute approximate surface area is 187 Å². The minimum atomic E-state index is -0.556. The van der Waals surface area contributed by atoms with E-state index >= 15 is 0 Å². The van der Waals surface area contributed by atoms with Crippen LogP contribution in [0.2, 0.25) is 0 Å². The number of benzene rings is 3. The Hall–Kier alpha value is -4.06. The van der Waals surface area contributed by atoms with Crippen LogP contribution in [-0.2, 0) is 11.2 Å². The number of carbonyl (C=O) groups excluding carboxylic acids is 1. The van der Waals surface area contributed by atoms with Crippen LogP contribution in [0.5, 0.6) is 0 Å². The van der Waals surface area contributed by atoms with E-state index in [1.165, 1.54) is 16.3 Å². The third kappa shape index (κ3) is 4.98. The summed E-state index contributed by atoms with van der Waals surface area (Å²) in [5.74, 6) is 0.853. The van der Waals surface area contributed by atoms with Crippen molar-refractivity contribution >= 4 is 34.2 Å². The second-order valence-corrected chi connectivity index (χ2v) is 7.42. The molecule has 6 heteroatoms. The Kier molecular flexibility index (Phi) is 6.51. The van der Waals surface area contributed by atoms with Crippen LogP contribution in [0, 0.1) is 0 Å². The highest BCUT2D eigenvalue weighted by atomic mass is 16.5. The minimum absolute atomic E-state index is 0.0160. The molecule has 4 aromatic rings. The fraction of sp³-hybridized carbons (Fsp3) is 0.154. The summed E-state index contributed by atoms with van der Waals surface area (Å²) in [4.78, 5) is 16.1. The SMILES string of the molecule is CCOC(=O)Nc1ccc(NC(Cc2cccc3ccccc23)c2ccccc2)nc1N. The molecule has 0 radical (unpaired) electrons. The predicted molar refractivity (Wildman–Crippen MR) is 130 cm³/mol. The van der Waals surface area contributed by atoms with E-state index in [4.69, 9.17) is 10.5 Å². The van der Waals surface area contributed by atoms with E-state index in [0.29, 0.717) is 11.5 Å². The maximum absolute atomic E-state index is 11.7. The molecule has 0 aliphatic carbocycles. The Bertz CT molecular complexity index is 1210. The normalized spacial score (nSPS) is 11.7. The molecular formula is C26H26N4O2. The average molecular weight is 427 g/mol. The van der Waals surface area contributed by atoms with Crippen molar-refractivity contribution in [3.8, 4) is 0 Å².